The maximum Gasteiger partial charge on any atom is 0.131 e. The smallest absolute Gasteiger partial charge is 0.131 e. The fourth-order valence-electron chi connectivity index (χ4n) is 2.11. The van der Waals surface area contributed by atoms with Crippen molar-refractivity contribution >= 4 is 34.8 Å². The number of hydrogen-bond acceptors (Lipinski definition) is 3. The maximum absolute atomic E-state index is 9.26. The number of aromatic hydroxyl groups is 1. The van der Waals surface area contributed by atoms with Gasteiger partial charge in [0.2, 0.25) is 0 Å². The Kier molecular flexibility index (Phi) is 4.11. The number of rotatable bonds is 2. The van der Waals surface area contributed by atoms with E-state index in [9.17, 15) is 5.11 Å². The number of halogens is 1. The van der Waals surface area contributed by atoms with Crippen LogP contribution >= 0.6 is 12.4 Å². The predicted molar refractivity (Wildman–Crippen MR) is 85.1 cm³/mol. The van der Waals surface area contributed by atoms with Crippen LogP contribution in [0.2, 0.25) is 0 Å². The summed E-state index contributed by atoms with van der Waals surface area (Å²) >= 11 is 0. The Labute approximate surface area is 123 Å². The van der Waals surface area contributed by atoms with Gasteiger partial charge in [-0.2, -0.15) is 0 Å². The summed E-state index contributed by atoms with van der Waals surface area (Å²) in [5.41, 5.74) is 3.07. The summed E-state index contributed by atoms with van der Waals surface area (Å²) in [5.74, 6) is 1.06. The van der Waals surface area contributed by atoms with E-state index < -0.39 is 0 Å². The summed E-state index contributed by atoms with van der Waals surface area (Å²) in [6.45, 7) is 2.08. The lowest BCUT2D eigenvalue weighted by Gasteiger charge is -2.09. The first-order valence-electron chi connectivity index (χ1n) is 6.15. The average Bonchev–Trinajstić information content (AvgIpc) is 2.42. The first-order valence-corrected chi connectivity index (χ1v) is 6.15. The van der Waals surface area contributed by atoms with Crippen molar-refractivity contribution in [2.75, 3.05) is 5.32 Å². The van der Waals surface area contributed by atoms with Gasteiger partial charge >= 0.3 is 0 Å². The molecule has 102 valence electrons. The number of aromatic nitrogens is 1. The zero-order chi connectivity index (χ0) is 13.2. The van der Waals surface area contributed by atoms with Gasteiger partial charge in [0.25, 0.3) is 0 Å². The van der Waals surface area contributed by atoms with Crippen molar-refractivity contribution in [2.45, 2.75) is 6.92 Å². The van der Waals surface area contributed by atoms with Gasteiger partial charge in [-0.25, -0.2) is 4.98 Å². The highest BCUT2D eigenvalue weighted by molar-refractivity contribution is 5.85. The molecule has 20 heavy (non-hydrogen) atoms. The molecule has 0 atom stereocenters. The Balaban J connectivity index is 0.00000147. The van der Waals surface area contributed by atoms with Crippen LogP contribution in [0, 0.1) is 6.92 Å². The molecule has 0 spiro atoms. The van der Waals surface area contributed by atoms with Crippen molar-refractivity contribution < 1.29 is 5.11 Å². The third-order valence-corrected chi connectivity index (χ3v) is 3.06. The molecule has 0 saturated heterocycles. The highest BCUT2D eigenvalue weighted by Gasteiger charge is 2.02. The standard InChI is InChI=1S/C16H14N2O.ClH/c1-11-10-16(17-12-6-8-13(19)9-7-12)18-15-5-3-2-4-14(11)15;/h2-10,19H,1H3,(H,17,18);1H. The number of hydrogen-bond donors (Lipinski definition) is 2. The summed E-state index contributed by atoms with van der Waals surface area (Å²) in [5, 5.41) is 13.7. The number of nitrogens with one attached hydrogen (secondary N) is 1. The number of phenolic OH excluding ortho intramolecular Hbond substituents is 1. The van der Waals surface area contributed by atoms with Gasteiger partial charge in [-0.15, -0.1) is 12.4 Å². The van der Waals surface area contributed by atoms with E-state index in [0.717, 1.165) is 17.0 Å². The molecule has 3 rings (SSSR count). The van der Waals surface area contributed by atoms with Gasteiger partial charge in [-0.3, -0.25) is 0 Å². The molecular weight excluding hydrogens is 272 g/mol. The normalized spacial score (nSPS) is 10.1. The summed E-state index contributed by atoms with van der Waals surface area (Å²) < 4.78 is 0. The lowest BCUT2D eigenvalue weighted by molar-refractivity contribution is 0.475. The molecule has 0 saturated carbocycles. The van der Waals surface area contributed by atoms with Gasteiger partial charge in [0.1, 0.15) is 11.6 Å². The number of para-hydroxylation sites is 1. The molecular formula is C16H15ClN2O. The molecule has 0 aliphatic rings. The second-order valence-electron chi connectivity index (χ2n) is 4.51. The fraction of sp³-hybridized carbons (Fsp3) is 0.0625. The second-order valence-corrected chi connectivity index (χ2v) is 4.51. The number of pyridine rings is 1. The van der Waals surface area contributed by atoms with Crippen LogP contribution < -0.4 is 5.32 Å². The Morgan fingerprint density at radius 3 is 2.45 bits per heavy atom. The van der Waals surface area contributed by atoms with Crippen molar-refractivity contribution in [3.63, 3.8) is 0 Å². The lowest BCUT2D eigenvalue weighted by Crippen LogP contribution is -1.95. The predicted octanol–water partition coefficient (Wildman–Crippen LogP) is 4.41. The summed E-state index contributed by atoms with van der Waals surface area (Å²) in [6.07, 6.45) is 0. The monoisotopic (exact) mass is 286 g/mol. The van der Waals surface area contributed by atoms with E-state index in [1.54, 1.807) is 12.1 Å². The molecule has 0 amide bonds. The van der Waals surface area contributed by atoms with Crippen molar-refractivity contribution in [3.05, 3.63) is 60.2 Å². The van der Waals surface area contributed by atoms with Gasteiger partial charge < -0.3 is 10.4 Å². The minimum absolute atomic E-state index is 0. The van der Waals surface area contributed by atoms with E-state index >= 15 is 0 Å². The van der Waals surface area contributed by atoms with Crippen LogP contribution in [0.4, 0.5) is 11.5 Å². The van der Waals surface area contributed by atoms with Crippen molar-refractivity contribution in [2.24, 2.45) is 0 Å². The van der Waals surface area contributed by atoms with E-state index in [1.165, 1.54) is 10.9 Å². The molecule has 1 heterocycles. The number of fused-ring (bicyclic) bond motifs is 1. The van der Waals surface area contributed by atoms with Gasteiger partial charge in [0, 0.05) is 11.1 Å². The van der Waals surface area contributed by atoms with E-state index in [0.29, 0.717) is 0 Å². The van der Waals surface area contributed by atoms with Crippen molar-refractivity contribution in [1.29, 1.82) is 0 Å². The molecule has 2 N–H and O–H groups in total. The van der Waals surface area contributed by atoms with Crippen LogP contribution in [0.5, 0.6) is 5.75 Å². The highest BCUT2D eigenvalue weighted by Crippen LogP contribution is 2.23. The van der Waals surface area contributed by atoms with Crippen LogP contribution in [0.25, 0.3) is 10.9 Å². The second kappa shape index (κ2) is 5.80. The van der Waals surface area contributed by atoms with Gasteiger partial charge in [-0.1, -0.05) is 18.2 Å². The number of benzene rings is 2. The number of aryl methyl sites for hydroxylation is 1. The Bertz CT molecular complexity index is 726. The van der Waals surface area contributed by atoms with Gasteiger partial charge in [0.15, 0.2) is 0 Å². The molecule has 2 aromatic carbocycles. The van der Waals surface area contributed by atoms with E-state index in [-0.39, 0.29) is 18.2 Å². The quantitative estimate of drug-likeness (QED) is 0.686. The van der Waals surface area contributed by atoms with Crippen LogP contribution in [0.1, 0.15) is 5.56 Å². The van der Waals surface area contributed by atoms with E-state index in [2.05, 4.69) is 23.3 Å². The topological polar surface area (TPSA) is 45.1 Å². The summed E-state index contributed by atoms with van der Waals surface area (Å²) in [6, 6.07) is 17.0. The van der Waals surface area contributed by atoms with Crippen LogP contribution in [0.3, 0.4) is 0 Å². The summed E-state index contributed by atoms with van der Waals surface area (Å²) in [4.78, 5) is 4.58. The van der Waals surface area contributed by atoms with Crippen molar-refractivity contribution in [3.8, 4) is 5.75 Å². The minimum Gasteiger partial charge on any atom is -0.508 e. The van der Waals surface area contributed by atoms with Gasteiger partial charge in [0.05, 0.1) is 5.52 Å². The van der Waals surface area contributed by atoms with Crippen LogP contribution in [0.15, 0.2) is 54.6 Å². The zero-order valence-electron chi connectivity index (χ0n) is 11.0. The maximum atomic E-state index is 9.26. The largest absolute Gasteiger partial charge is 0.508 e. The molecule has 0 radical (unpaired) electrons. The highest BCUT2D eigenvalue weighted by atomic mass is 35.5. The molecule has 0 bridgehead atoms. The van der Waals surface area contributed by atoms with Crippen LogP contribution in [-0.2, 0) is 0 Å². The number of anilines is 2. The number of phenols is 1. The van der Waals surface area contributed by atoms with E-state index in [1.807, 2.05) is 36.4 Å². The lowest BCUT2D eigenvalue weighted by atomic mass is 10.1. The van der Waals surface area contributed by atoms with E-state index in [4.69, 9.17) is 0 Å². The Hall–Kier alpha value is -2.26. The third kappa shape index (κ3) is 2.83. The minimum atomic E-state index is 0. The summed E-state index contributed by atoms with van der Waals surface area (Å²) in [7, 11) is 0. The Morgan fingerprint density at radius 2 is 1.70 bits per heavy atom. The number of nitrogens with zero attached hydrogens (tertiary/aromatic N) is 1. The Morgan fingerprint density at radius 1 is 1.00 bits per heavy atom. The van der Waals surface area contributed by atoms with Crippen LogP contribution in [-0.4, -0.2) is 10.1 Å². The zero-order valence-corrected chi connectivity index (χ0v) is 11.8. The molecule has 3 nitrogen and oxygen atoms in total. The third-order valence-electron chi connectivity index (χ3n) is 3.06. The fourth-order valence-corrected chi connectivity index (χ4v) is 2.11. The molecule has 0 fully saturated rings. The molecule has 0 aliphatic carbocycles. The molecule has 1 aromatic heterocycles. The molecule has 4 heteroatoms. The molecule has 0 unspecified atom stereocenters. The van der Waals surface area contributed by atoms with Gasteiger partial charge in [-0.05, 0) is 48.9 Å². The molecule has 0 aliphatic heterocycles. The van der Waals surface area contributed by atoms with Crippen molar-refractivity contribution in [1.82, 2.24) is 4.98 Å². The molecule has 3 aromatic rings. The SMILES string of the molecule is Cc1cc(Nc2ccc(O)cc2)nc2ccccc12.Cl. The first-order chi connectivity index (χ1) is 9.22. The average molecular weight is 287 g/mol. The first kappa shape index (κ1) is 14.2.